The SMILES string of the molecule is CNC(=O)c1nn(C)cc1NC(=O)C(C)Cn1nc(C)c(Cl)c1C. The van der Waals surface area contributed by atoms with Gasteiger partial charge in [0, 0.05) is 20.3 Å². The molecule has 0 spiro atoms. The molecule has 9 heteroatoms. The van der Waals surface area contributed by atoms with Gasteiger partial charge in [0.15, 0.2) is 5.69 Å². The quantitative estimate of drug-likeness (QED) is 0.853. The average molecular weight is 353 g/mol. The molecule has 0 aliphatic carbocycles. The molecule has 2 N–H and O–H groups in total. The van der Waals surface area contributed by atoms with Gasteiger partial charge in [-0.05, 0) is 13.8 Å². The van der Waals surface area contributed by atoms with Crippen molar-refractivity contribution in [2.75, 3.05) is 12.4 Å². The standard InChI is InChI=1S/C15H21ClN6O2/c1-8(6-22-10(3)12(16)9(2)19-22)14(23)18-11-7-21(5)20-13(11)15(24)17-4/h7-8H,6H2,1-5H3,(H,17,24)(H,18,23). The maximum atomic E-state index is 12.4. The van der Waals surface area contributed by atoms with Crippen LogP contribution in [0.15, 0.2) is 6.20 Å². The summed E-state index contributed by atoms with van der Waals surface area (Å²) in [6.45, 7) is 5.86. The van der Waals surface area contributed by atoms with E-state index in [2.05, 4.69) is 20.8 Å². The molecule has 24 heavy (non-hydrogen) atoms. The third-order valence-electron chi connectivity index (χ3n) is 3.72. The van der Waals surface area contributed by atoms with E-state index < -0.39 is 0 Å². The third kappa shape index (κ3) is 3.59. The molecule has 0 fully saturated rings. The van der Waals surface area contributed by atoms with E-state index in [0.29, 0.717) is 17.3 Å². The van der Waals surface area contributed by atoms with E-state index in [1.807, 2.05) is 13.8 Å². The molecular formula is C15H21ClN6O2. The van der Waals surface area contributed by atoms with Crippen molar-refractivity contribution < 1.29 is 9.59 Å². The average Bonchev–Trinajstić information content (AvgIpc) is 3.01. The summed E-state index contributed by atoms with van der Waals surface area (Å²) in [6.07, 6.45) is 1.59. The number of hydrogen-bond donors (Lipinski definition) is 2. The summed E-state index contributed by atoms with van der Waals surface area (Å²) in [5, 5.41) is 14.2. The van der Waals surface area contributed by atoms with Crippen LogP contribution in [0.5, 0.6) is 0 Å². The van der Waals surface area contributed by atoms with E-state index in [4.69, 9.17) is 11.6 Å². The number of nitrogens with zero attached hydrogens (tertiary/aromatic N) is 4. The first-order valence-electron chi connectivity index (χ1n) is 7.50. The lowest BCUT2D eigenvalue weighted by Crippen LogP contribution is -2.27. The smallest absolute Gasteiger partial charge is 0.273 e. The first-order chi connectivity index (χ1) is 11.2. The minimum atomic E-state index is -0.364. The predicted molar refractivity (Wildman–Crippen MR) is 91.1 cm³/mol. The molecule has 2 heterocycles. The zero-order chi connectivity index (χ0) is 18.0. The lowest BCUT2D eigenvalue weighted by Gasteiger charge is -2.13. The van der Waals surface area contributed by atoms with Crippen LogP contribution in [0, 0.1) is 19.8 Å². The molecule has 130 valence electrons. The number of rotatable bonds is 5. The number of aryl methyl sites for hydroxylation is 2. The van der Waals surface area contributed by atoms with Gasteiger partial charge >= 0.3 is 0 Å². The molecule has 1 unspecified atom stereocenters. The van der Waals surface area contributed by atoms with Crippen molar-refractivity contribution in [3.8, 4) is 0 Å². The highest BCUT2D eigenvalue weighted by Crippen LogP contribution is 2.20. The van der Waals surface area contributed by atoms with Crippen molar-refractivity contribution in [3.05, 3.63) is 28.3 Å². The van der Waals surface area contributed by atoms with Crippen LogP contribution in [0.25, 0.3) is 0 Å². The van der Waals surface area contributed by atoms with Gasteiger partial charge in [0.05, 0.1) is 34.6 Å². The van der Waals surface area contributed by atoms with Crippen LogP contribution in [0.3, 0.4) is 0 Å². The van der Waals surface area contributed by atoms with Gasteiger partial charge in [0.2, 0.25) is 5.91 Å². The predicted octanol–water partition coefficient (Wildman–Crippen LogP) is 1.52. The molecule has 2 amide bonds. The molecule has 2 aromatic heterocycles. The Morgan fingerprint density at radius 1 is 1.33 bits per heavy atom. The highest BCUT2D eigenvalue weighted by atomic mass is 35.5. The fraction of sp³-hybridized carbons (Fsp3) is 0.467. The van der Waals surface area contributed by atoms with Gasteiger partial charge in [0.25, 0.3) is 5.91 Å². The van der Waals surface area contributed by atoms with Crippen molar-refractivity contribution >= 4 is 29.1 Å². The lowest BCUT2D eigenvalue weighted by atomic mass is 10.1. The van der Waals surface area contributed by atoms with Crippen molar-refractivity contribution in [2.24, 2.45) is 13.0 Å². The van der Waals surface area contributed by atoms with Gasteiger partial charge in [-0.1, -0.05) is 18.5 Å². The summed E-state index contributed by atoms with van der Waals surface area (Å²) in [4.78, 5) is 24.2. The Kier molecular flexibility index (Phi) is 5.28. The van der Waals surface area contributed by atoms with Crippen LogP contribution < -0.4 is 10.6 Å². The maximum Gasteiger partial charge on any atom is 0.273 e. The van der Waals surface area contributed by atoms with Crippen LogP contribution in [-0.4, -0.2) is 38.4 Å². The summed E-state index contributed by atoms with van der Waals surface area (Å²) in [5.41, 5.74) is 2.10. The van der Waals surface area contributed by atoms with Gasteiger partial charge in [0.1, 0.15) is 0 Å². The van der Waals surface area contributed by atoms with Gasteiger partial charge in [-0.2, -0.15) is 10.2 Å². The van der Waals surface area contributed by atoms with E-state index in [1.54, 1.807) is 24.9 Å². The number of nitrogens with one attached hydrogen (secondary N) is 2. The normalized spacial score (nSPS) is 12.1. The second-order valence-corrected chi connectivity index (χ2v) is 6.08. The second kappa shape index (κ2) is 7.04. The molecule has 0 aromatic carbocycles. The summed E-state index contributed by atoms with van der Waals surface area (Å²) >= 11 is 6.13. The Balaban J connectivity index is 2.12. The van der Waals surface area contributed by atoms with Crippen LogP contribution in [0.1, 0.15) is 28.8 Å². The van der Waals surface area contributed by atoms with Gasteiger partial charge in [-0.25, -0.2) is 0 Å². The Bertz CT molecular complexity index is 779. The molecule has 2 rings (SSSR count). The van der Waals surface area contributed by atoms with Crippen LogP contribution in [0.4, 0.5) is 5.69 Å². The molecule has 0 saturated carbocycles. The topological polar surface area (TPSA) is 93.8 Å². The molecule has 0 aliphatic rings. The minimum absolute atomic E-state index is 0.176. The number of carbonyl (C=O) groups is 2. The van der Waals surface area contributed by atoms with Crippen molar-refractivity contribution in [2.45, 2.75) is 27.3 Å². The molecule has 1 atom stereocenters. The second-order valence-electron chi connectivity index (χ2n) is 5.70. The zero-order valence-electron chi connectivity index (χ0n) is 14.3. The third-order valence-corrected chi connectivity index (χ3v) is 4.26. The maximum absolute atomic E-state index is 12.4. The summed E-state index contributed by atoms with van der Waals surface area (Å²) in [6, 6.07) is 0. The first kappa shape index (κ1) is 18.0. The fourth-order valence-corrected chi connectivity index (χ4v) is 2.45. The van der Waals surface area contributed by atoms with Gasteiger partial charge < -0.3 is 10.6 Å². The molecule has 0 aliphatic heterocycles. The largest absolute Gasteiger partial charge is 0.354 e. The Hall–Kier alpha value is -2.35. The molecule has 8 nitrogen and oxygen atoms in total. The number of hydrogen-bond acceptors (Lipinski definition) is 4. The zero-order valence-corrected chi connectivity index (χ0v) is 15.1. The van der Waals surface area contributed by atoms with Crippen LogP contribution in [-0.2, 0) is 18.4 Å². The summed E-state index contributed by atoms with van der Waals surface area (Å²) < 4.78 is 3.19. The van der Waals surface area contributed by atoms with E-state index in [1.165, 1.54) is 11.7 Å². The van der Waals surface area contributed by atoms with Gasteiger partial charge in [-0.15, -0.1) is 0 Å². The highest BCUT2D eigenvalue weighted by Gasteiger charge is 2.21. The molecular weight excluding hydrogens is 332 g/mol. The molecule has 0 saturated heterocycles. The summed E-state index contributed by atoms with van der Waals surface area (Å²) in [7, 11) is 3.20. The van der Waals surface area contributed by atoms with Crippen molar-refractivity contribution in [3.63, 3.8) is 0 Å². The van der Waals surface area contributed by atoms with Crippen LogP contribution in [0.2, 0.25) is 5.02 Å². The van der Waals surface area contributed by atoms with E-state index in [9.17, 15) is 9.59 Å². The van der Waals surface area contributed by atoms with E-state index >= 15 is 0 Å². The highest BCUT2D eigenvalue weighted by molar-refractivity contribution is 6.31. The van der Waals surface area contributed by atoms with Crippen molar-refractivity contribution in [1.82, 2.24) is 24.9 Å². The van der Waals surface area contributed by atoms with E-state index in [-0.39, 0.29) is 23.4 Å². The number of aromatic nitrogens is 4. The minimum Gasteiger partial charge on any atom is -0.354 e. The Labute approximate surface area is 145 Å². The van der Waals surface area contributed by atoms with Gasteiger partial charge in [-0.3, -0.25) is 19.0 Å². The Morgan fingerprint density at radius 3 is 2.54 bits per heavy atom. The number of halogens is 1. The van der Waals surface area contributed by atoms with E-state index in [0.717, 1.165) is 11.4 Å². The molecule has 0 bridgehead atoms. The first-order valence-corrected chi connectivity index (χ1v) is 7.88. The molecule has 2 aromatic rings. The molecule has 0 radical (unpaired) electrons. The van der Waals surface area contributed by atoms with Crippen LogP contribution >= 0.6 is 11.6 Å². The fourth-order valence-electron chi connectivity index (χ4n) is 2.32. The summed E-state index contributed by atoms with van der Waals surface area (Å²) in [5.74, 6) is -0.947. The Morgan fingerprint density at radius 2 is 2.00 bits per heavy atom. The number of carbonyl (C=O) groups excluding carboxylic acids is 2. The lowest BCUT2D eigenvalue weighted by molar-refractivity contribution is -0.119. The number of anilines is 1. The van der Waals surface area contributed by atoms with Crippen molar-refractivity contribution in [1.29, 1.82) is 0 Å². The monoisotopic (exact) mass is 352 g/mol. The number of amides is 2.